The zero-order chi connectivity index (χ0) is 18.8. The number of ether oxygens (including phenoxy) is 1. The molecular formula is C22H23FN2O2. The first kappa shape index (κ1) is 17.7. The highest BCUT2D eigenvalue weighted by Gasteiger charge is 2.25. The molecule has 4 nitrogen and oxygen atoms in total. The molecule has 0 saturated carbocycles. The quantitative estimate of drug-likeness (QED) is 0.738. The third kappa shape index (κ3) is 3.60. The van der Waals surface area contributed by atoms with Crippen molar-refractivity contribution in [3.05, 3.63) is 71.7 Å². The molecule has 140 valence electrons. The van der Waals surface area contributed by atoms with Crippen molar-refractivity contribution in [2.45, 2.75) is 38.5 Å². The molecule has 4 rings (SSSR count). The highest BCUT2D eigenvalue weighted by atomic mass is 19.1. The van der Waals surface area contributed by atoms with Crippen LogP contribution >= 0.6 is 0 Å². The van der Waals surface area contributed by atoms with Crippen LogP contribution in [0.4, 0.5) is 4.39 Å². The second kappa shape index (κ2) is 7.53. The van der Waals surface area contributed by atoms with Gasteiger partial charge in [0.25, 0.3) is 5.91 Å². The van der Waals surface area contributed by atoms with Crippen LogP contribution in [0, 0.1) is 5.82 Å². The summed E-state index contributed by atoms with van der Waals surface area (Å²) in [7, 11) is 0. The molecule has 0 unspecified atom stereocenters. The van der Waals surface area contributed by atoms with Crippen LogP contribution in [0.15, 0.2) is 54.6 Å². The van der Waals surface area contributed by atoms with Gasteiger partial charge in [-0.05, 0) is 38.0 Å². The van der Waals surface area contributed by atoms with Gasteiger partial charge in [0.15, 0.2) is 0 Å². The van der Waals surface area contributed by atoms with Crippen LogP contribution in [-0.4, -0.2) is 29.2 Å². The number of halogens is 1. The van der Waals surface area contributed by atoms with Gasteiger partial charge in [0.1, 0.15) is 11.5 Å². The molecule has 0 spiro atoms. The van der Waals surface area contributed by atoms with Gasteiger partial charge in [0.05, 0.1) is 18.7 Å². The first-order valence-electron chi connectivity index (χ1n) is 9.37. The highest BCUT2D eigenvalue weighted by molar-refractivity contribution is 5.99. The van der Waals surface area contributed by atoms with Gasteiger partial charge in [0, 0.05) is 23.1 Å². The number of nitrogens with one attached hydrogen (secondary N) is 1. The molecule has 1 aliphatic rings. The number of rotatable bonds is 5. The number of hydrogen-bond donors (Lipinski definition) is 1. The summed E-state index contributed by atoms with van der Waals surface area (Å²) >= 11 is 0. The van der Waals surface area contributed by atoms with Crippen molar-refractivity contribution in [1.29, 1.82) is 0 Å². The molecule has 27 heavy (non-hydrogen) atoms. The number of nitrogens with zero attached hydrogens (tertiary/aromatic N) is 1. The largest absolute Gasteiger partial charge is 0.376 e. The summed E-state index contributed by atoms with van der Waals surface area (Å²) in [6.07, 6.45) is 2.04. The fourth-order valence-corrected chi connectivity index (χ4v) is 3.74. The van der Waals surface area contributed by atoms with Gasteiger partial charge >= 0.3 is 0 Å². The Hall–Kier alpha value is -2.66. The van der Waals surface area contributed by atoms with E-state index < -0.39 is 0 Å². The van der Waals surface area contributed by atoms with Crippen molar-refractivity contribution in [3.8, 4) is 0 Å². The summed E-state index contributed by atoms with van der Waals surface area (Å²) in [5.74, 6) is -0.431. The predicted molar refractivity (Wildman–Crippen MR) is 103 cm³/mol. The van der Waals surface area contributed by atoms with Crippen molar-refractivity contribution >= 4 is 16.8 Å². The minimum absolute atomic E-state index is 0.0540. The Labute approximate surface area is 157 Å². The van der Waals surface area contributed by atoms with Gasteiger partial charge in [-0.1, -0.05) is 36.4 Å². The first-order valence-corrected chi connectivity index (χ1v) is 9.37. The number of para-hydroxylation sites is 1. The van der Waals surface area contributed by atoms with E-state index in [-0.39, 0.29) is 23.9 Å². The van der Waals surface area contributed by atoms with Gasteiger partial charge in [0.2, 0.25) is 0 Å². The summed E-state index contributed by atoms with van der Waals surface area (Å²) in [5, 5.41) is 4.02. The Bertz CT molecular complexity index is 960. The topological polar surface area (TPSA) is 43.3 Å². The van der Waals surface area contributed by atoms with Crippen molar-refractivity contribution < 1.29 is 13.9 Å². The van der Waals surface area contributed by atoms with Gasteiger partial charge in [-0.2, -0.15) is 0 Å². The van der Waals surface area contributed by atoms with E-state index >= 15 is 0 Å². The number of aromatic nitrogens is 1. The van der Waals surface area contributed by atoms with E-state index in [0.717, 1.165) is 30.4 Å². The normalized spacial score (nSPS) is 17.9. The van der Waals surface area contributed by atoms with Crippen LogP contribution in [-0.2, 0) is 11.3 Å². The second-order valence-corrected chi connectivity index (χ2v) is 7.08. The summed E-state index contributed by atoms with van der Waals surface area (Å²) in [5.41, 5.74) is 2.00. The van der Waals surface area contributed by atoms with Crippen LogP contribution < -0.4 is 5.32 Å². The fourth-order valence-electron chi connectivity index (χ4n) is 3.74. The molecule has 2 aromatic carbocycles. The number of fused-ring (bicyclic) bond motifs is 1. The van der Waals surface area contributed by atoms with Crippen molar-refractivity contribution in [2.75, 3.05) is 6.61 Å². The molecule has 0 radical (unpaired) electrons. The predicted octanol–water partition coefficient (Wildman–Crippen LogP) is 4.13. The average Bonchev–Trinajstić information content (AvgIpc) is 3.32. The molecule has 1 fully saturated rings. The van der Waals surface area contributed by atoms with Crippen LogP contribution in [0.2, 0.25) is 0 Å². The van der Waals surface area contributed by atoms with E-state index in [0.29, 0.717) is 17.8 Å². The number of carbonyl (C=O) groups is 1. The summed E-state index contributed by atoms with van der Waals surface area (Å²) in [6, 6.07) is 16.3. The monoisotopic (exact) mass is 366 g/mol. The summed E-state index contributed by atoms with van der Waals surface area (Å²) in [4.78, 5) is 13.0. The smallest absolute Gasteiger partial charge is 0.268 e. The lowest BCUT2D eigenvalue weighted by atomic mass is 10.1. The van der Waals surface area contributed by atoms with E-state index in [9.17, 15) is 9.18 Å². The maximum atomic E-state index is 14.2. The maximum Gasteiger partial charge on any atom is 0.268 e. The molecule has 1 saturated heterocycles. The fraction of sp³-hybridized carbons (Fsp3) is 0.318. The van der Waals surface area contributed by atoms with Crippen molar-refractivity contribution in [1.82, 2.24) is 9.88 Å². The van der Waals surface area contributed by atoms with E-state index in [1.165, 1.54) is 6.07 Å². The Balaban J connectivity index is 1.67. The Morgan fingerprint density at radius 1 is 1.26 bits per heavy atom. The zero-order valence-electron chi connectivity index (χ0n) is 15.3. The third-order valence-corrected chi connectivity index (χ3v) is 5.21. The molecule has 0 bridgehead atoms. The number of hydrogen-bond acceptors (Lipinski definition) is 2. The Kier molecular flexibility index (Phi) is 4.94. The molecule has 2 heterocycles. The zero-order valence-corrected chi connectivity index (χ0v) is 15.3. The van der Waals surface area contributed by atoms with Gasteiger partial charge in [-0.15, -0.1) is 0 Å². The van der Waals surface area contributed by atoms with Crippen molar-refractivity contribution in [2.24, 2.45) is 0 Å². The molecule has 1 N–H and O–H groups in total. The van der Waals surface area contributed by atoms with Crippen LogP contribution in [0.3, 0.4) is 0 Å². The number of benzene rings is 2. The SMILES string of the molecule is C[C@H](NC(=O)c1cc2ccccc2n1Cc1ccccc1F)[C@@H]1CCCO1. The number of amides is 1. The van der Waals surface area contributed by atoms with E-state index in [2.05, 4.69) is 5.32 Å². The van der Waals surface area contributed by atoms with Crippen LogP contribution in [0.1, 0.15) is 35.8 Å². The van der Waals surface area contributed by atoms with Crippen LogP contribution in [0.25, 0.3) is 10.9 Å². The average molecular weight is 366 g/mol. The molecule has 3 aromatic rings. The van der Waals surface area contributed by atoms with E-state index in [1.807, 2.05) is 47.9 Å². The molecule has 0 aliphatic carbocycles. The summed E-state index contributed by atoms with van der Waals surface area (Å²) in [6.45, 7) is 3.02. The standard InChI is InChI=1S/C22H23FN2O2/c1-15(21-11-6-12-27-21)24-22(26)20-13-16-7-3-5-10-19(16)25(20)14-17-8-2-4-9-18(17)23/h2-5,7-10,13,15,21H,6,11-12,14H2,1H3,(H,24,26)/t15-,21-/m0/s1. The van der Waals surface area contributed by atoms with Gasteiger partial charge in [-0.3, -0.25) is 4.79 Å². The lowest BCUT2D eigenvalue weighted by molar-refractivity contribution is 0.0707. The van der Waals surface area contributed by atoms with Crippen LogP contribution in [0.5, 0.6) is 0 Å². The highest BCUT2D eigenvalue weighted by Crippen LogP contribution is 2.23. The molecule has 1 aromatic heterocycles. The minimum atomic E-state index is -0.269. The second-order valence-electron chi connectivity index (χ2n) is 7.08. The number of carbonyl (C=O) groups excluding carboxylic acids is 1. The third-order valence-electron chi connectivity index (χ3n) is 5.21. The Morgan fingerprint density at radius 3 is 2.81 bits per heavy atom. The molecule has 1 aliphatic heterocycles. The van der Waals surface area contributed by atoms with Gasteiger partial charge in [-0.25, -0.2) is 4.39 Å². The van der Waals surface area contributed by atoms with Gasteiger partial charge < -0.3 is 14.6 Å². The maximum absolute atomic E-state index is 14.2. The summed E-state index contributed by atoms with van der Waals surface area (Å²) < 4.78 is 21.8. The first-order chi connectivity index (χ1) is 13.1. The molecule has 2 atom stereocenters. The van der Waals surface area contributed by atoms with E-state index in [1.54, 1.807) is 12.1 Å². The minimum Gasteiger partial charge on any atom is -0.376 e. The molecule has 1 amide bonds. The van der Waals surface area contributed by atoms with E-state index in [4.69, 9.17) is 4.74 Å². The van der Waals surface area contributed by atoms with Crippen molar-refractivity contribution in [3.63, 3.8) is 0 Å². The Morgan fingerprint density at radius 2 is 2.04 bits per heavy atom. The lowest BCUT2D eigenvalue weighted by Gasteiger charge is -2.20. The lowest BCUT2D eigenvalue weighted by Crippen LogP contribution is -2.41. The molecular weight excluding hydrogens is 343 g/mol. The molecule has 5 heteroatoms.